The van der Waals surface area contributed by atoms with Crippen molar-refractivity contribution in [1.82, 2.24) is 9.80 Å². The van der Waals surface area contributed by atoms with Crippen LogP contribution in [0.2, 0.25) is 5.02 Å². The SMILES string of the molecule is CC1CN(C(=O)c2cccc(Cl)c2)CC(C(F)(F)F)N1C. The molecule has 1 fully saturated rings. The summed E-state index contributed by atoms with van der Waals surface area (Å²) in [5.74, 6) is -0.424. The van der Waals surface area contributed by atoms with Crippen LogP contribution in [0.3, 0.4) is 0 Å². The zero-order valence-corrected chi connectivity index (χ0v) is 12.4. The second-order valence-electron chi connectivity index (χ2n) is 5.29. The normalized spacial score (nSPS) is 24.2. The molecule has 0 N–H and O–H groups in total. The Labute approximate surface area is 126 Å². The molecule has 1 saturated heterocycles. The molecule has 1 aromatic carbocycles. The molecule has 1 amide bonds. The van der Waals surface area contributed by atoms with Gasteiger partial charge in [0.1, 0.15) is 6.04 Å². The Bertz CT molecular complexity index is 535. The zero-order valence-electron chi connectivity index (χ0n) is 11.7. The van der Waals surface area contributed by atoms with Gasteiger partial charge in [0, 0.05) is 29.7 Å². The average molecular weight is 321 g/mol. The van der Waals surface area contributed by atoms with E-state index in [2.05, 4.69) is 0 Å². The average Bonchev–Trinajstić information content (AvgIpc) is 2.39. The fourth-order valence-electron chi connectivity index (χ4n) is 2.47. The number of carbonyl (C=O) groups is 1. The number of benzene rings is 1. The first-order valence-electron chi connectivity index (χ1n) is 6.53. The van der Waals surface area contributed by atoms with Crippen molar-refractivity contribution in [3.05, 3.63) is 34.9 Å². The van der Waals surface area contributed by atoms with E-state index < -0.39 is 18.1 Å². The quantitative estimate of drug-likeness (QED) is 0.794. The van der Waals surface area contributed by atoms with E-state index in [9.17, 15) is 18.0 Å². The lowest BCUT2D eigenvalue weighted by Crippen LogP contribution is -2.62. The van der Waals surface area contributed by atoms with E-state index >= 15 is 0 Å². The molecule has 21 heavy (non-hydrogen) atoms. The lowest BCUT2D eigenvalue weighted by atomic mass is 10.1. The molecule has 2 atom stereocenters. The third-order valence-corrected chi connectivity index (χ3v) is 4.04. The highest BCUT2D eigenvalue weighted by atomic mass is 35.5. The summed E-state index contributed by atoms with van der Waals surface area (Å²) in [4.78, 5) is 14.9. The fraction of sp³-hybridized carbons (Fsp3) is 0.500. The summed E-state index contributed by atoms with van der Waals surface area (Å²) in [6.45, 7) is 1.57. The van der Waals surface area contributed by atoms with Crippen molar-refractivity contribution in [3.63, 3.8) is 0 Å². The van der Waals surface area contributed by atoms with Crippen molar-refractivity contribution in [3.8, 4) is 0 Å². The van der Waals surface area contributed by atoms with Crippen LogP contribution >= 0.6 is 11.6 Å². The predicted octanol–water partition coefficient (Wildman–Crippen LogP) is 3.05. The van der Waals surface area contributed by atoms with E-state index in [0.29, 0.717) is 10.6 Å². The largest absolute Gasteiger partial charge is 0.405 e. The Morgan fingerprint density at radius 3 is 2.57 bits per heavy atom. The van der Waals surface area contributed by atoms with Crippen LogP contribution in [0.15, 0.2) is 24.3 Å². The monoisotopic (exact) mass is 320 g/mol. The summed E-state index contributed by atoms with van der Waals surface area (Å²) < 4.78 is 39.2. The van der Waals surface area contributed by atoms with Crippen molar-refractivity contribution < 1.29 is 18.0 Å². The molecule has 3 nitrogen and oxygen atoms in total. The molecule has 0 aliphatic carbocycles. The van der Waals surface area contributed by atoms with Gasteiger partial charge in [0.05, 0.1) is 0 Å². The van der Waals surface area contributed by atoms with Crippen LogP contribution in [0.5, 0.6) is 0 Å². The van der Waals surface area contributed by atoms with Gasteiger partial charge in [-0.2, -0.15) is 13.2 Å². The van der Waals surface area contributed by atoms with E-state index in [1.807, 2.05) is 0 Å². The summed E-state index contributed by atoms with van der Waals surface area (Å²) in [7, 11) is 1.43. The molecule has 0 spiro atoms. The summed E-state index contributed by atoms with van der Waals surface area (Å²) in [6.07, 6.45) is -4.36. The van der Waals surface area contributed by atoms with Crippen molar-refractivity contribution >= 4 is 17.5 Å². The zero-order chi connectivity index (χ0) is 15.8. The number of rotatable bonds is 1. The molecule has 1 aliphatic heterocycles. The molecule has 0 aromatic heterocycles. The number of halogens is 4. The topological polar surface area (TPSA) is 23.6 Å². The molecule has 1 aromatic rings. The lowest BCUT2D eigenvalue weighted by molar-refractivity contribution is -0.197. The highest BCUT2D eigenvalue weighted by Gasteiger charge is 2.47. The minimum Gasteiger partial charge on any atom is -0.335 e. The summed E-state index contributed by atoms with van der Waals surface area (Å²) in [5, 5.41) is 0.385. The maximum absolute atomic E-state index is 13.1. The first-order valence-corrected chi connectivity index (χ1v) is 6.91. The van der Waals surface area contributed by atoms with Crippen LogP contribution in [0.1, 0.15) is 17.3 Å². The summed E-state index contributed by atoms with van der Waals surface area (Å²) in [5.41, 5.74) is 0.306. The van der Waals surface area contributed by atoms with Gasteiger partial charge in [-0.1, -0.05) is 17.7 Å². The Hall–Kier alpha value is -1.27. The maximum atomic E-state index is 13.1. The molecule has 2 rings (SSSR count). The summed E-state index contributed by atoms with van der Waals surface area (Å²) >= 11 is 5.82. The van der Waals surface area contributed by atoms with Gasteiger partial charge in [0.2, 0.25) is 0 Å². The first-order chi connectivity index (χ1) is 9.70. The predicted molar refractivity (Wildman–Crippen MR) is 74.4 cm³/mol. The lowest BCUT2D eigenvalue weighted by Gasteiger charge is -2.44. The molecule has 7 heteroatoms. The minimum atomic E-state index is -4.36. The highest BCUT2D eigenvalue weighted by Crippen LogP contribution is 2.29. The van der Waals surface area contributed by atoms with Gasteiger partial charge in [-0.15, -0.1) is 0 Å². The maximum Gasteiger partial charge on any atom is 0.405 e. The van der Waals surface area contributed by atoms with Gasteiger partial charge in [-0.05, 0) is 32.2 Å². The van der Waals surface area contributed by atoms with Crippen molar-refractivity contribution in [2.75, 3.05) is 20.1 Å². The van der Waals surface area contributed by atoms with Crippen LogP contribution in [0.4, 0.5) is 13.2 Å². The van der Waals surface area contributed by atoms with E-state index in [-0.39, 0.29) is 19.1 Å². The van der Waals surface area contributed by atoms with E-state index in [1.165, 1.54) is 22.9 Å². The Kier molecular flexibility index (Phi) is 4.49. The van der Waals surface area contributed by atoms with Crippen LogP contribution in [-0.4, -0.2) is 54.1 Å². The number of likely N-dealkylation sites (N-methyl/N-ethyl adjacent to an activating group) is 1. The molecule has 0 saturated carbocycles. The van der Waals surface area contributed by atoms with Gasteiger partial charge >= 0.3 is 6.18 Å². The smallest absolute Gasteiger partial charge is 0.335 e. The molecule has 2 unspecified atom stereocenters. The Balaban J connectivity index is 2.22. The molecular weight excluding hydrogens is 305 g/mol. The van der Waals surface area contributed by atoms with E-state index in [0.717, 1.165) is 0 Å². The van der Waals surface area contributed by atoms with Crippen LogP contribution in [0, 0.1) is 0 Å². The highest BCUT2D eigenvalue weighted by molar-refractivity contribution is 6.30. The number of piperazine rings is 1. The Morgan fingerprint density at radius 1 is 1.33 bits per heavy atom. The second-order valence-corrected chi connectivity index (χ2v) is 5.73. The van der Waals surface area contributed by atoms with Gasteiger partial charge in [0.15, 0.2) is 0 Å². The molecule has 116 valence electrons. The van der Waals surface area contributed by atoms with E-state index in [4.69, 9.17) is 11.6 Å². The van der Waals surface area contributed by atoms with Crippen molar-refractivity contribution in [2.24, 2.45) is 0 Å². The first kappa shape index (κ1) is 16.1. The number of carbonyl (C=O) groups excluding carboxylic acids is 1. The number of amides is 1. The number of hydrogen-bond acceptors (Lipinski definition) is 2. The number of alkyl halides is 3. The van der Waals surface area contributed by atoms with Crippen molar-refractivity contribution in [1.29, 1.82) is 0 Å². The molecule has 1 aliphatic rings. The van der Waals surface area contributed by atoms with E-state index in [1.54, 1.807) is 25.1 Å². The van der Waals surface area contributed by atoms with Crippen LogP contribution < -0.4 is 0 Å². The van der Waals surface area contributed by atoms with Gasteiger partial charge in [0.25, 0.3) is 5.91 Å². The third kappa shape index (κ3) is 3.49. The standard InChI is InChI=1S/C14H16ClF3N2O/c1-9-7-20(8-12(19(9)2)14(16,17)18)13(21)10-4-3-5-11(15)6-10/h3-6,9,12H,7-8H2,1-2H3. The molecule has 0 bridgehead atoms. The summed E-state index contributed by atoms with van der Waals surface area (Å²) in [6, 6.07) is 4.23. The molecule has 1 heterocycles. The second kappa shape index (κ2) is 5.85. The Morgan fingerprint density at radius 2 is 2.00 bits per heavy atom. The minimum absolute atomic E-state index is 0.258. The van der Waals surface area contributed by atoms with Gasteiger partial charge in [-0.25, -0.2) is 0 Å². The number of hydrogen-bond donors (Lipinski definition) is 0. The van der Waals surface area contributed by atoms with Crippen molar-refractivity contribution in [2.45, 2.75) is 25.2 Å². The number of nitrogens with zero attached hydrogens (tertiary/aromatic N) is 2. The fourth-order valence-corrected chi connectivity index (χ4v) is 2.66. The van der Waals surface area contributed by atoms with Gasteiger partial charge < -0.3 is 4.90 Å². The van der Waals surface area contributed by atoms with Crippen LogP contribution in [0.25, 0.3) is 0 Å². The molecule has 0 radical (unpaired) electrons. The molecular formula is C14H16ClF3N2O. The van der Waals surface area contributed by atoms with Crippen LogP contribution in [-0.2, 0) is 0 Å². The third-order valence-electron chi connectivity index (χ3n) is 3.80. The van der Waals surface area contributed by atoms with Gasteiger partial charge in [-0.3, -0.25) is 9.69 Å².